The summed E-state index contributed by atoms with van der Waals surface area (Å²) in [5.41, 5.74) is 1.30. The summed E-state index contributed by atoms with van der Waals surface area (Å²) in [5, 5.41) is 17.0. The van der Waals surface area contributed by atoms with E-state index in [2.05, 4.69) is 15.6 Å². The molecule has 0 aliphatic rings. The lowest BCUT2D eigenvalue weighted by Crippen LogP contribution is -2.38. The van der Waals surface area contributed by atoms with Crippen LogP contribution in [0.2, 0.25) is 5.02 Å². The second-order valence-electron chi connectivity index (χ2n) is 5.53. The number of hydrogen-bond donors (Lipinski definition) is 3. The summed E-state index contributed by atoms with van der Waals surface area (Å²) in [5.74, 6) is 0.366. The molecule has 0 amide bonds. The van der Waals surface area contributed by atoms with E-state index in [1.54, 1.807) is 24.3 Å². The van der Waals surface area contributed by atoms with Crippen LogP contribution >= 0.6 is 35.6 Å². The van der Waals surface area contributed by atoms with E-state index in [-0.39, 0.29) is 36.3 Å². The quantitative estimate of drug-likeness (QED) is 0.313. The predicted molar refractivity (Wildman–Crippen MR) is 116 cm³/mol. The van der Waals surface area contributed by atoms with Gasteiger partial charge in [0.15, 0.2) is 5.96 Å². The molecule has 0 aromatic heterocycles. The molecular formula is C19H24ClFIN3O. The van der Waals surface area contributed by atoms with Gasteiger partial charge in [-0.2, -0.15) is 0 Å². The summed E-state index contributed by atoms with van der Waals surface area (Å²) in [6.45, 7) is 3.36. The number of aliphatic hydroxyl groups is 1. The van der Waals surface area contributed by atoms with Crippen molar-refractivity contribution >= 4 is 41.5 Å². The Morgan fingerprint density at radius 3 is 2.54 bits per heavy atom. The normalized spacial score (nSPS) is 12.2. The van der Waals surface area contributed by atoms with Gasteiger partial charge in [-0.15, -0.1) is 24.0 Å². The Kier molecular flexibility index (Phi) is 10.5. The van der Waals surface area contributed by atoms with Gasteiger partial charge in [0.25, 0.3) is 0 Å². The van der Waals surface area contributed by atoms with Gasteiger partial charge >= 0.3 is 0 Å². The second-order valence-corrected chi connectivity index (χ2v) is 5.93. The molecule has 2 aromatic rings. The molecule has 0 radical (unpaired) electrons. The molecule has 0 heterocycles. The van der Waals surface area contributed by atoms with Gasteiger partial charge in [0.05, 0.1) is 6.54 Å². The van der Waals surface area contributed by atoms with Crippen LogP contribution in [0.25, 0.3) is 0 Å². The Morgan fingerprint density at radius 2 is 1.85 bits per heavy atom. The lowest BCUT2D eigenvalue weighted by molar-refractivity contribution is 0.187. The minimum atomic E-state index is -0.782. The van der Waals surface area contributed by atoms with E-state index in [9.17, 15) is 9.50 Å². The van der Waals surface area contributed by atoms with Crippen LogP contribution in [0, 0.1) is 5.82 Å². The Bertz CT molecular complexity index is 715. The molecule has 0 spiro atoms. The van der Waals surface area contributed by atoms with Gasteiger partial charge in [-0.1, -0.05) is 48.0 Å². The fourth-order valence-corrected chi connectivity index (χ4v) is 2.64. The first kappa shape index (κ1) is 22.7. The molecule has 3 N–H and O–H groups in total. The van der Waals surface area contributed by atoms with Crippen molar-refractivity contribution in [3.63, 3.8) is 0 Å². The van der Waals surface area contributed by atoms with Crippen molar-refractivity contribution in [2.24, 2.45) is 4.99 Å². The monoisotopic (exact) mass is 491 g/mol. The highest BCUT2D eigenvalue weighted by atomic mass is 127. The SMILES string of the molecule is CCNC(=NCC(O)c1ccccc1Cl)NCCc1ccccc1F.I. The first-order chi connectivity index (χ1) is 12.1. The third-order valence-corrected chi connectivity index (χ3v) is 4.02. The van der Waals surface area contributed by atoms with Gasteiger partial charge in [-0.25, -0.2) is 4.39 Å². The highest BCUT2D eigenvalue weighted by Gasteiger charge is 2.11. The van der Waals surface area contributed by atoms with Crippen molar-refractivity contribution in [3.05, 3.63) is 70.5 Å². The number of aliphatic imine (C=N–C) groups is 1. The Morgan fingerprint density at radius 1 is 1.15 bits per heavy atom. The van der Waals surface area contributed by atoms with Gasteiger partial charge in [0.1, 0.15) is 11.9 Å². The fraction of sp³-hybridized carbons (Fsp3) is 0.316. The largest absolute Gasteiger partial charge is 0.386 e. The molecule has 0 saturated heterocycles. The van der Waals surface area contributed by atoms with Crippen LogP contribution in [0.4, 0.5) is 4.39 Å². The summed E-state index contributed by atoms with van der Waals surface area (Å²) in [6, 6.07) is 13.9. The summed E-state index contributed by atoms with van der Waals surface area (Å²) < 4.78 is 13.6. The van der Waals surface area contributed by atoms with Crippen LogP contribution in [0.5, 0.6) is 0 Å². The topological polar surface area (TPSA) is 56.7 Å². The molecule has 2 aromatic carbocycles. The molecule has 4 nitrogen and oxygen atoms in total. The maximum Gasteiger partial charge on any atom is 0.191 e. The molecule has 26 heavy (non-hydrogen) atoms. The van der Waals surface area contributed by atoms with Gasteiger partial charge in [-0.05, 0) is 31.0 Å². The molecule has 1 atom stereocenters. The van der Waals surface area contributed by atoms with Crippen LogP contribution in [0.1, 0.15) is 24.2 Å². The third kappa shape index (κ3) is 7.09. The number of rotatable bonds is 7. The summed E-state index contributed by atoms with van der Waals surface area (Å²) in [6.07, 6.45) is -0.236. The van der Waals surface area contributed by atoms with E-state index >= 15 is 0 Å². The molecule has 0 bridgehead atoms. The Hall–Kier alpha value is -1.38. The molecule has 0 saturated carbocycles. The summed E-state index contributed by atoms with van der Waals surface area (Å²) in [4.78, 5) is 4.38. The number of nitrogens with one attached hydrogen (secondary N) is 2. The maximum absolute atomic E-state index is 13.6. The molecular weight excluding hydrogens is 468 g/mol. The molecule has 0 aliphatic heterocycles. The summed E-state index contributed by atoms with van der Waals surface area (Å²) >= 11 is 6.09. The zero-order chi connectivity index (χ0) is 18.1. The number of aliphatic hydroxyl groups excluding tert-OH is 1. The Balaban J connectivity index is 0.00000338. The summed E-state index contributed by atoms with van der Waals surface area (Å²) in [7, 11) is 0. The van der Waals surface area contributed by atoms with E-state index in [0.717, 1.165) is 0 Å². The van der Waals surface area contributed by atoms with Crippen LogP contribution in [0.15, 0.2) is 53.5 Å². The first-order valence-electron chi connectivity index (χ1n) is 8.30. The molecule has 1 unspecified atom stereocenters. The number of guanidine groups is 1. The van der Waals surface area contributed by atoms with E-state index in [0.29, 0.717) is 41.6 Å². The minimum absolute atomic E-state index is 0. The number of halogens is 3. The van der Waals surface area contributed by atoms with E-state index < -0.39 is 6.10 Å². The van der Waals surface area contributed by atoms with Crippen LogP contribution in [0.3, 0.4) is 0 Å². The van der Waals surface area contributed by atoms with Crippen LogP contribution < -0.4 is 10.6 Å². The second kappa shape index (κ2) is 12.1. The average molecular weight is 492 g/mol. The smallest absolute Gasteiger partial charge is 0.191 e. The van der Waals surface area contributed by atoms with Crippen molar-refractivity contribution in [2.75, 3.05) is 19.6 Å². The van der Waals surface area contributed by atoms with E-state index in [1.165, 1.54) is 6.07 Å². The fourth-order valence-electron chi connectivity index (χ4n) is 2.38. The van der Waals surface area contributed by atoms with Crippen LogP contribution in [-0.2, 0) is 6.42 Å². The zero-order valence-corrected chi connectivity index (χ0v) is 17.7. The van der Waals surface area contributed by atoms with Gasteiger partial charge in [0.2, 0.25) is 0 Å². The Labute approximate surface area is 175 Å². The lowest BCUT2D eigenvalue weighted by Gasteiger charge is -2.14. The van der Waals surface area contributed by atoms with E-state index in [4.69, 9.17) is 11.6 Å². The molecule has 2 rings (SSSR count). The maximum atomic E-state index is 13.6. The van der Waals surface area contributed by atoms with Crippen molar-refractivity contribution in [1.82, 2.24) is 10.6 Å². The highest BCUT2D eigenvalue weighted by Crippen LogP contribution is 2.22. The molecule has 142 valence electrons. The molecule has 7 heteroatoms. The average Bonchev–Trinajstić information content (AvgIpc) is 2.61. The minimum Gasteiger partial charge on any atom is -0.386 e. The van der Waals surface area contributed by atoms with Crippen molar-refractivity contribution in [1.29, 1.82) is 0 Å². The highest BCUT2D eigenvalue weighted by molar-refractivity contribution is 14.0. The molecule has 0 fully saturated rings. The van der Waals surface area contributed by atoms with Gasteiger partial charge in [-0.3, -0.25) is 4.99 Å². The lowest BCUT2D eigenvalue weighted by atomic mass is 10.1. The number of nitrogens with zero attached hydrogens (tertiary/aromatic N) is 1. The zero-order valence-electron chi connectivity index (χ0n) is 14.6. The van der Waals surface area contributed by atoms with Crippen molar-refractivity contribution in [3.8, 4) is 0 Å². The standard InChI is InChI=1S/C19H23ClFN3O.HI/c1-2-22-19(23-12-11-14-7-3-6-10-17(14)21)24-13-18(25)15-8-4-5-9-16(15)20;/h3-10,18,25H,2,11-13H2,1H3,(H2,22,23,24);1H. The molecule has 0 aliphatic carbocycles. The number of hydrogen-bond acceptors (Lipinski definition) is 2. The van der Waals surface area contributed by atoms with Crippen molar-refractivity contribution in [2.45, 2.75) is 19.4 Å². The van der Waals surface area contributed by atoms with Gasteiger partial charge < -0.3 is 15.7 Å². The number of benzene rings is 2. The first-order valence-corrected chi connectivity index (χ1v) is 8.67. The van der Waals surface area contributed by atoms with Crippen molar-refractivity contribution < 1.29 is 9.50 Å². The van der Waals surface area contributed by atoms with E-state index in [1.807, 2.05) is 25.1 Å². The van der Waals surface area contributed by atoms with Crippen LogP contribution in [-0.4, -0.2) is 30.7 Å². The third-order valence-electron chi connectivity index (χ3n) is 3.68. The predicted octanol–water partition coefficient (Wildman–Crippen LogP) is 3.93. The van der Waals surface area contributed by atoms with Gasteiger partial charge in [0, 0.05) is 23.7 Å².